The number of esters is 1. The van der Waals surface area contributed by atoms with E-state index in [0.29, 0.717) is 23.2 Å². The van der Waals surface area contributed by atoms with E-state index >= 15 is 0 Å². The lowest BCUT2D eigenvalue weighted by molar-refractivity contribution is 0.0601. The summed E-state index contributed by atoms with van der Waals surface area (Å²) in [6, 6.07) is 4.45. The Kier molecular flexibility index (Phi) is 4.99. The molecule has 0 aromatic heterocycles. The number of nitrogens with one attached hydrogen (secondary N) is 1. The standard InChI is InChI=1S/C16H22FNO2/c1-3-11-6-4-5-7-14(11)18-15-10-12(17)8-9-13(15)16(19)20-2/h8-11,14,18H,3-7H2,1-2H3. The predicted octanol–water partition coefficient (Wildman–Crippen LogP) is 3.99. The van der Waals surface area contributed by atoms with Gasteiger partial charge in [0, 0.05) is 6.04 Å². The zero-order valence-corrected chi connectivity index (χ0v) is 12.1. The fourth-order valence-electron chi connectivity index (χ4n) is 3.01. The fourth-order valence-corrected chi connectivity index (χ4v) is 3.01. The lowest BCUT2D eigenvalue weighted by Crippen LogP contribution is -2.32. The highest BCUT2D eigenvalue weighted by Crippen LogP contribution is 2.30. The van der Waals surface area contributed by atoms with Gasteiger partial charge in [-0.25, -0.2) is 9.18 Å². The maximum Gasteiger partial charge on any atom is 0.339 e. The molecule has 0 saturated heterocycles. The smallest absolute Gasteiger partial charge is 0.339 e. The highest BCUT2D eigenvalue weighted by Gasteiger charge is 2.25. The van der Waals surface area contributed by atoms with Crippen LogP contribution in [0.25, 0.3) is 0 Å². The molecule has 1 aromatic rings. The quantitative estimate of drug-likeness (QED) is 0.847. The largest absolute Gasteiger partial charge is 0.465 e. The molecule has 110 valence electrons. The first-order chi connectivity index (χ1) is 9.65. The number of ether oxygens (including phenoxy) is 1. The van der Waals surface area contributed by atoms with Crippen LogP contribution in [0.1, 0.15) is 49.4 Å². The SMILES string of the molecule is CCC1CCCCC1Nc1cc(F)ccc1C(=O)OC. The Bertz CT molecular complexity index is 476. The van der Waals surface area contributed by atoms with Gasteiger partial charge in [-0.15, -0.1) is 0 Å². The molecule has 1 aliphatic rings. The van der Waals surface area contributed by atoms with Gasteiger partial charge in [0.05, 0.1) is 18.4 Å². The molecule has 0 aliphatic heterocycles. The van der Waals surface area contributed by atoms with Crippen LogP contribution < -0.4 is 5.32 Å². The first-order valence-corrected chi connectivity index (χ1v) is 7.30. The summed E-state index contributed by atoms with van der Waals surface area (Å²) in [5.41, 5.74) is 0.941. The first kappa shape index (κ1) is 14.8. The average molecular weight is 279 g/mol. The molecule has 3 nitrogen and oxygen atoms in total. The van der Waals surface area contributed by atoms with Crippen LogP contribution in [0.2, 0.25) is 0 Å². The van der Waals surface area contributed by atoms with Gasteiger partial charge >= 0.3 is 5.97 Å². The summed E-state index contributed by atoms with van der Waals surface area (Å²) in [5, 5.41) is 3.37. The molecule has 0 bridgehead atoms. The topological polar surface area (TPSA) is 38.3 Å². The van der Waals surface area contributed by atoms with Gasteiger partial charge < -0.3 is 10.1 Å². The fraction of sp³-hybridized carbons (Fsp3) is 0.562. The summed E-state index contributed by atoms with van der Waals surface area (Å²) in [6.07, 6.45) is 5.79. The van der Waals surface area contributed by atoms with E-state index in [1.165, 1.54) is 44.6 Å². The molecular formula is C16H22FNO2. The number of methoxy groups -OCH3 is 1. The molecular weight excluding hydrogens is 257 g/mol. The van der Waals surface area contributed by atoms with Crippen molar-refractivity contribution in [3.63, 3.8) is 0 Å². The summed E-state index contributed by atoms with van der Waals surface area (Å²) < 4.78 is 18.2. The van der Waals surface area contributed by atoms with Crippen molar-refractivity contribution in [1.29, 1.82) is 0 Å². The summed E-state index contributed by atoms with van der Waals surface area (Å²) in [6.45, 7) is 2.18. The van der Waals surface area contributed by atoms with Crippen molar-refractivity contribution in [2.24, 2.45) is 5.92 Å². The Morgan fingerprint density at radius 1 is 1.40 bits per heavy atom. The van der Waals surface area contributed by atoms with Gasteiger partial charge in [0.15, 0.2) is 0 Å². The van der Waals surface area contributed by atoms with Gasteiger partial charge in [-0.3, -0.25) is 0 Å². The van der Waals surface area contributed by atoms with Crippen LogP contribution in [-0.2, 0) is 4.74 Å². The van der Waals surface area contributed by atoms with Crippen LogP contribution in [-0.4, -0.2) is 19.1 Å². The van der Waals surface area contributed by atoms with Crippen molar-refractivity contribution in [3.8, 4) is 0 Å². The third kappa shape index (κ3) is 3.30. The summed E-state index contributed by atoms with van der Waals surface area (Å²) in [5.74, 6) is -0.196. The summed E-state index contributed by atoms with van der Waals surface area (Å²) >= 11 is 0. The van der Waals surface area contributed by atoms with E-state index in [4.69, 9.17) is 4.74 Å². The van der Waals surface area contributed by atoms with E-state index in [1.54, 1.807) is 0 Å². The Balaban J connectivity index is 2.22. The van der Waals surface area contributed by atoms with Gasteiger partial charge in [0.2, 0.25) is 0 Å². The van der Waals surface area contributed by atoms with E-state index in [1.807, 2.05) is 0 Å². The second-order valence-corrected chi connectivity index (χ2v) is 5.39. The minimum atomic E-state index is -0.434. The monoisotopic (exact) mass is 279 g/mol. The average Bonchev–Trinajstić information content (AvgIpc) is 2.47. The number of anilines is 1. The number of hydrogen-bond donors (Lipinski definition) is 1. The van der Waals surface area contributed by atoms with E-state index in [2.05, 4.69) is 12.2 Å². The molecule has 2 atom stereocenters. The first-order valence-electron chi connectivity index (χ1n) is 7.30. The third-order valence-corrected chi connectivity index (χ3v) is 4.16. The Morgan fingerprint density at radius 2 is 2.15 bits per heavy atom. The summed E-state index contributed by atoms with van der Waals surface area (Å²) in [7, 11) is 1.34. The number of benzene rings is 1. The second kappa shape index (κ2) is 6.73. The molecule has 2 unspecified atom stereocenters. The van der Waals surface area contributed by atoms with Crippen molar-refractivity contribution in [2.45, 2.75) is 45.1 Å². The van der Waals surface area contributed by atoms with Gasteiger partial charge in [-0.05, 0) is 37.0 Å². The molecule has 1 aliphatic carbocycles. The van der Waals surface area contributed by atoms with Crippen LogP contribution in [0.4, 0.5) is 10.1 Å². The van der Waals surface area contributed by atoms with Gasteiger partial charge in [0.25, 0.3) is 0 Å². The highest BCUT2D eigenvalue weighted by atomic mass is 19.1. The second-order valence-electron chi connectivity index (χ2n) is 5.39. The maximum atomic E-state index is 13.5. The maximum absolute atomic E-state index is 13.5. The molecule has 1 N–H and O–H groups in total. The van der Waals surface area contributed by atoms with Gasteiger partial charge in [0.1, 0.15) is 5.82 Å². The minimum absolute atomic E-state index is 0.305. The summed E-state index contributed by atoms with van der Waals surface area (Å²) in [4.78, 5) is 11.8. The number of rotatable bonds is 4. The van der Waals surface area contributed by atoms with E-state index in [-0.39, 0.29) is 5.82 Å². The molecule has 0 spiro atoms. The highest BCUT2D eigenvalue weighted by molar-refractivity contribution is 5.95. The lowest BCUT2D eigenvalue weighted by Gasteiger charge is -2.32. The van der Waals surface area contributed by atoms with Crippen molar-refractivity contribution in [2.75, 3.05) is 12.4 Å². The Hall–Kier alpha value is -1.58. The van der Waals surface area contributed by atoms with Crippen LogP contribution in [0, 0.1) is 11.7 Å². The van der Waals surface area contributed by atoms with Crippen molar-refractivity contribution >= 4 is 11.7 Å². The van der Waals surface area contributed by atoms with Crippen LogP contribution >= 0.6 is 0 Å². The van der Waals surface area contributed by atoms with Crippen LogP contribution in [0.3, 0.4) is 0 Å². The van der Waals surface area contributed by atoms with E-state index < -0.39 is 5.97 Å². The number of carbonyl (C=O) groups excluding carboxylic acids is 1. The van der Waals surface area contributed by atoms with E-state index in [0.717, 1.165) is 12.8 Å². The normalized spacial score (nSPS) is 22.4. The van der Waals surface area contributed by atoms with Gasteiger partial charge in [-0.2, -0.15) is 0 Å². The molecule has 1 aromatic carbocycles. The molecule has 1 saturated carbocycles. The predicted molar refractivity (Wildman–Crippen MR) is 77.4 cm³/mol. The van der Waals surface area contributed by atoms with Crippen LogP contribution in [0.5, 0.6) is 0 Å². The zero-order chi connectivity index (χ0) is 14.5. The van der Waals surface area contributed by atoms with Gasteiger partial charge in [-0.1, -0.05) is 26.2 Å². The molecule has 0 amide bonds. The molecule has 1 fully saturated rings. The van der Waals surface area contributed by atoms with Crippen molar-refractivity contribution in [3.05, 3.63) is 29.6 Å². The minimum Gasteiger partial charge on any atom is -0.465 e. The van der Waals surface area contributed by atoms with Crippen molar-refractivity contribution < 1.29 is 13.9 Å². The Morgan fingerprint density at radius 3 is 2.85 bits per heavy atom. The number of hydrogen-bond acceptors (Lipinski definition) is 3. The number of carbonyl (C=O) groups is 1. The molecule has 4 heteroatoms. The van der Waals surface area contributed by atoms with Crippen LogP contribution in [0.15, 0.2) is 18.2 Å². The molecule has 0 radical (unpaired) electrons. The van der Waals surface area contributed by atoms with E-state index in [9.17, 15) is 9.18 Å². The zero-order valence-electron chi connectivity index (χ0n) is 12.1. The lowest BCUT2D eigenvalue weighted by atomic mass is 9.82. The third-order valence-electron chi connectivity index (χ3n) is 4.16. The molecule has 2 rings (SSSR count). The molecule has 20 heavy (non-hydrogen) atoms. The number of halogens is 1. The molecule has 0 heterocycles. The van der Waals surface area contributed by atoms with Crippen molar-refractivity contribution in [1.82, 2.24) is 0 Å². The Labute approximate surface area is 119 Å².